The fraction of sp³-hybridized carbons (Fsp3) is 0.333. The molecule has 1 amide bonds. The van der Waals surface area contributed by atoms with Crippen molar-refractivity contribution in [3.05, 3.63) is 64.1 Å². The van der Waals surface area contributed by atoms with E-state index in [9.17, 15) is 9.59 Å². The average Bonchev–Trinajstić information content (AvgIpc) is 3.01. The lowest BCUT2D eigenvalue weighted by atomic mass is 10.1. The number of carbonyl (C=O) groups excluding carboxylic acids is 1. The van der Waals surface area contributed by atoms with Crippen LogP contribution >= 0.6 is 0 Å². The predicted molar refractivity (Wildman–Crippen MR) is 108 cm³/mol. The molecule has 0 spiro atoms. The molecule has 0 bridgehead atoms. The minimum absolute atomic E-state index is 0.0251. The van der Waals surface area contributed by atoms with Crippen LogP contribution in [0.2, 0.25) is 0 Å². The van der Waals surface area contributed by atoms with Crippen molar-refractivity contribution in [1.82, 2.24) is 14.5 Å². The molecular formula is C21H24N4O2. The van der Waals surface area contributed by atoms with Gasteiger partial charge in [0.1, 0.15) is 0 Å². The molecule has 0 radical (unpaired) electrons. The van der Waals surface area contributed by atoms with Gasteiger partial charge in [-0.3, -0.25) is 9.36 Å². The van der Waals surface area contributed by atoms with E-state index in [4.69, 9.17) is 0 Å². The summed E-state index contributed by atoms with van der Waals surface area (Å²) in [5.74, 6) is 0.0251. The van der Waals surface area contributed by atoms with Crippen LogP contribution in [-0.2, 0) is 6.54 Å². The minimum atomic E-state index is -0.135. The number of aromatic amines is 1. The van der Waals surface area contributed by atoms with Crippen LogP contribution in [0.4, 0.5) is 5.69 Å². The Morgan fingerprint density at radius 3 is 2.56 bits per heavy atom. The lowest BCUT2D eigenvalue weighted by Crippen LogP contribution is -2.48. The number of hydrogen-bond acceptors (Lipinski definition) is 3. The highest BCUT2D eigenvalue weighted by atomic mass is 16.2. The van der Waals surface area contributed by atoms with E-state index in [1.165, 1.54) is 11.3 Å². The summed E-state index contributed by atoms with van der Waals surface area (Å²) in [5, 5.41) is 0. The Bertz CT molecular complexity index is 1040. The number of rotatable bonds is 3. The number of aromatic nitrogens is 2. The van der Waals surface area contributed by atoms with E-state index in [0.717, 1.165) is 24.1 Å². The number of carbonyl (C=O) groups is 1. The van der Waals surface area contributed by atoms with E-state index in [0.29, 0.717) is 25.2 Å². The molecule has 2 aromatic carbocycles. The molecular weight excluding hydrogens is 340 g/mol. The Morgan fingerprint density at radius 2 is 1.85 bits per heavy atom. The first-order chi connectivity index (χ1) is 13.1. The maximum atomic E-state index is 13.0. The van der Waals surface area contributed by atoms with Crippen molar-refractivity contribution in [3.63, 3.8) is 0 Å². The maximum Gasteiger partial charge on any atom is 0.326 e. The number of aryl methyl sites for hydroxylation is 2. The summed E-state index contributed by atoms with van der Waals surface area (Å²) in [6, 6.07) is 13.9. The Balaban J connectivity index is 1.51. The van der Waals surface area contributed by atoms with E-state index in [-0.39, 0.29) is 11.6 Å². The normalized spacial score (nSPS) is 14.7. The smallest absolute Gasteiger partial charge is 0.326 e. The first kappa shape index (κ1) is 17.4. The molecule has 4 rings (SSSR count). The standard InChI is InChI=1S/C21H24N4O2/c1-3-25-19-14-16(7-8-18(19)22-21(25)27)20(26)24-11-9-23(10-12-24)17-6-4-5-15(2)13-17/h4-8,13-14H,3,9-12H2,1-2H3,(H,22,27). The van der Waals surface area contributed by atoms with Crippen molar-refractivity contribution in [1.29, 1.82) is 0 Å². The zero-order valence-electron chi connectivity index (χ0n) is 15.7. The summed E-state index contributed by atoms with van der Waals surface area (Å²) in [6.45, 7) is 7.62. The number of H-pyrrole nitrogens is 1. The number of benzene rings is 2. The molecule has 1 aliphatic heterocycles. The van der Waals surface area contributed by atoms with Crippen LogP contribution in [0.3, 0.4) is 0 Å². The van der Waals surface area contributed by atoms with E-state index >= 15 is 0 Å². The molecule has 2 heterocycles. The van der Waals surface area contributed by atoms with Gasteiger partial charge in [-0.15, -0.1) is 0 Å². The Kier molecular flexibility index (Phi) is 4.48. The Labute approximate surface area is 158 Å². The summed E-state index contributed by atoms with van der Waals surface area (Å²) < 4.78 is 1.65. The van der Waals surface area contributed by atoms with Crippen LogP contribution in [0.15, 0.2) is 47.3 Å². The van der Waals surface area contributed by atoms with Crippen LogP contribution < -0.4 is 10.6 Å². The summed E-state index contributed by atoms with van der Waals surface area (Å²) in [7, 11) is 0. The second-order valence-corrected chi connectivity index (χ2v) is 7.02. The lowest BCUT2D eigenvalue weighted by Gasteiger charge is -2.36. The van der Waals surface area contributed by atoms with Gasteiger partial charge in [-0.25, -0.2) is 4.79 Å². The molecule has 0 unspecified atom stereocenters. The number of hydrogen-bond donors (Lipinski definition) is 1. The van der Waals surface area contributed by atoms with Gasteiger partial charge >= 0.3 is 5.69 Å². The largest absolute Gasteiger partial charge is 0.368 e. The Morgan fingerprint density at radius 1 is 1.07 bits per heavy atom. The molecule has 6 nitrogen and oxygen atoms in total. The number of fused-ring (bicyclic) bond motifs is 1. The molecule has 140 valence electrons. The molecule has 0 aliphatic carbocycles. The fourth-order valence-corrected chi connectivity index (χ4v) is 3.77. The average molecular weight is 364 g/mol. The molecule has 27 heavy (non-hydrogen) atoms. The van der Waals surface area contributed by atoms with E-state index in [1.807, 2.05) is 24.0 Å². The zero-order chi connectivity index (χ0) is 19.0. The van der Waals surface area contributed by atoms with Gasteiger partial charge in [-0.2, -0.15) is 0 Å². The lowest BCUT2D eigenvalue weighted by molar-refractivity contribution is 0.0747. The van der Waals surface area contributed by atoms with Crippen LogP contribution in [0, 0.1) is 6.92 Å². The van der Waals surface area contributed by atoms with Gasteiger partial charge in [0.25, 0.3) is 5.91 Å². The van der Waals surface area contributed by atoms with Crippen molar-refractivity contribution in [3.8, 4) is 0 Å². The second-order valence-electron chi connectivity index (χ2n) is 7.02. The second kappa shape index (κ2) is 6.95. The van der Waals surface area contributed by atoms with Crippen molar-refractivity contribution >= 4 is 22.6 Å². The van der Waals surface area contributed by atoms with Gasteiger partial charge in [0.05, 0.1) is 11.0 Å². The molecule has 1 saturated heterocycles. The summed E-state index contributed by atoms with van der Waals surface area (Å²) in [6.07, 6.45) is 0. The van der Waals surface area contributed by atoms with Gasteiger partial charge < -0.3 is 14.8 Å². The third kappa shape index (κ3) is 3.23. The number of nitrogens with one attached hydrogen (secondary N) is 1. The van der Waals surface area contributed by atoms with Gasteiger partial charge in [-0.1, -0.05) is 12.1 Å². The van der Waals surface area contributed by atoms with E-state index in [1.54, 1.807) is 10.6 Å². The van der Waals surface area contributed by atoms with Crippen LogP contribution in [0.5, 0.6) is 0 Å². The highest BCUT2D eigenvalue weighted by Crippen LogP contribution is 2.20. The van der Waals surface area contributed by atoms with Gasteiger partial charge in [-0.05, 0) is 49.7 Å². The molecule has 1 aliphatic rings. The molecule has 1 aromatic heterocycles. The summed E-state index contributed by atoms with van der Waals surface area (Å²) in [4.78, 5) is 32.0. The Hall–Kier alpha value is -3.02. The number of piperazine rings is 1. The third-order valence-corrected chi connectivity index (χ3v) is 5.27. The zero-order valence-corrected chi connectivity index (χ0v) is 15.7. The van der Waals surface area contributed by atoms with Crippen LogP contribution in [-0.4, -0.2) is 46.5 Å². The summed E-state index contributed by atoms with van der Waals surface area (Å²) >= 11 is 0. The highest BCUT2D eigenvalue weighted by molar-refractivity contribution is 5.97. The molecule has 0 atom stereocenters. The van der Waals surface area contributed by atoms with Crippen molar-refractivity contribution in [2.45, 2.75) is 20.4 Å². The molecule has 6 heteroatoms. The fourth-order valence-electron chi connectivity index (χ4n) is 3.77. The predicted octanol–water partition coefficient (Wildman–Crippen LogP) is 2.62. The quantitative estimate of drug-likeness (QED) is 0.777. The van der Waals surface area contributed by atoms with Crippen molar-refractivity contribution < 1.29 is 4.79 Å². The summed E-state index contributed by atoms with van der Waals surface area (Å²) in [5.41, 5.74) is 4.50. The maximum absolute atomic E-state index is 13.0. The van der Waals surface area contributed by atoms with E-state index < -0.39 is 0 Å². The topological polar surface area (TPSA) is 61.3 Å². The highest BCUT2D eigenvalue weighted by Gasteiger charge is 2.23. The first-order valence-electron chi connectivity index (χ1n) is 9.40. The molecule has 1 fully saturated rings. The molecule has 0 saturated carbocycles. The molecule has 3 aromatic rings. The third-order valence-electron chi connectivity index (χ3n) is 5.27. The van der Waals surface area contributed by atoms with Crippen molar-refractivity contribution in [2.24, 2.45) is 0 Å². The SMILES string of the molecule is CCn1c(=O)[nH]c2ccc(C(=O)N3CCN(c4cccc(C)c4)CC3)cc21. The van der Waals surface area contributed by atoms with E-state index in [2.05, 4.69) is 41.1 Å². The first-order valence-corrected chi connectivity index (χ1v) is 9.40. The van der Waals surface area contributed by atoms with Gasteiger partial charge in [0, 0.05) is 44.0 Å². The molecule has 1 N–H and O–H groups in total. The van der Waals surface area contributed by atoms with Gasteiger partial charge in [0.2, 0.25) is 0 Å². The number of amides is 1. The number of anilines is 1. The minimum Gasteiger partial charge on any atom is -0.368 e. The van der Waals surface area contributed by atoms with Crippen molar-refractivity contribution in [2.75, 3.05) is 31.1 Å². The van der Waals surface area contributed by atoms with Gasteiger partial charge in [0.15, 0.2) is 0 Å². The van der Waals surface area contributed by atoms with Crippen LogP contribution in [0.25, 0.3) is 11.0 Å². The number of nitrogens with zero attached hydrogens (tertiary/aromatic N) is 3. The monoisotopic (exact) mass is 364 g/mol. The van der Waals surface area contributed by atoms with Crippen LogP contribution in [0.1, 0.15) is 22.8 Å². The number of imidazole rings is 1.